The third kappa shape index (κ3) is 1.38. The van der Waals surface area contributed by atoms with Gasteiger partial charge in [0.2, 0.25) is 0 Å². The van der Waals surface area contributed by atoms with Crippen LogP contribution in [0.25, 0.3) is 10.1 Å². The molecule has 1 aromatic carbocycles. The van der Waals surface area contributed by atoms with E-state index in [4.69, 9.17) is 9.84 Å². The molecule has 0 radical (unpaired) electrons. The second-order valence-corrected chi connectivity index (χ2v) is 4.31. The molecule has 14 heavy (non-hydrogen) atoms. The number of methoxy groups -OCH3 is 1. The van der Waals surface area contributed by atoms with Crippen molar-refractivity contribution in [3.8, 4) is 5.75 Å². The molecular weight excluding hydrogens is 196 g/mol. The summed E-state index contributed by atoms with van der Waals surface area (Å²) in [5.74, 6) is 0.864. The first kappa shape index (κ1) is 9.49. The summed E-state index contributed by atoms with van der Waals surface area (Å²) >= 11 is 1.62. The minimum atomic E-state index is 0.119. The van der Waals surface area contributed by atoms with E-state index in [0.717, 1.165) is 10.6 Å². The molecule has 0 saturated heterocycles. The fourth-order valence-electron chi connectivity index (χ4n) is 1.53. The first-order chi connectivity index (χ1) is 6.76. The van der Waals surface area contributed by atoms with E-state index in [2.05, 4.69) is 0 Å². The molecule has 2 aromatic rings. The highest BCUT2D eigenvalue weighted by Crippen LogP contribution is 2.33. The molecule has 74 valence electrons. The van der Waals surface area contributed by atoms with Crippen LogP contribution in [0.15, 0.2) is 18.2 Å². The maximum atomic E-state index is 9.13. The summed E-state index contributed by atoms with van der Waals surface area (Å²) in [5, 5.41) is 10.3. The van der Waals surface area contributed by atoms with E-state index in [1.807, 2.05) is 25.1 Å². The van der Waals surface area contributed by atoms with Gasteiger partial charge in [0.25, 0.3) is 0 Å². The zero-order valence-electron chi connectivity index (χ0n) is 8.20. The smallest absolute Gasteiger partial charge is 0.120 e. The highest BCUT2D eigenvalue weighted by molar-refractivity contribution is 7.19. The lowest BCUT2D eigenvalue weighted by molar-refractivity contribution is 0.285. The summed E-state index contributed by atoms with van der Waals surface area (Å²) in [4.78, 5) is 1.04. The minimum Gasteiger partial charge on any atom is -0.497 e. The van der Waals surface area contributed by atoms with Crippen LogP contribution in [-0.2, 0) is 6.61 Å². The first-order valence-electron chi connectivity index (χ1n) is 4.43. The van der Waals surface area contributed by atoms with E-state index in [1.54, 1.807) is 18.4 Å². The van der Waals surface area contributed by atoms with Gasteiger partial charge in [-0.2, -0.15) is 0 Å². The van der Waals surface area contributed by atoms with Crippen LogP contribution in [0.1, 0.15) is 10.4 Å². The third-order valence-electron chi connectivity index (χ3n) is 2.39. The second-order valence-electron chi connectivity index (χ2n) is 3.17. The van der Waals surface area contributed by atoms with Crippen LogP contribution in [0.3, 0.4) is 0 Å². The Bertz CT molecular complexity index is 460. The van der Waals surface area contributed by atoms with Crippen molar-refractivity contribution in [1.82, 2.24) is 0 Å². The predicted molar refractivity (Wildman–Crippen MR) is 59.0 cm³/mol. The summed E-state index contributed by atoms with van der Waals surface area (Å²) < 4.78 is 6.32. The number of benzene rings is 1. The molecule has 1 heterocycles. The molecule has 0 aliphatic rings. The van der Waals surface area contributed by atoms with Crippen molar-refractivity contribution in [1.29, 1.82) is 0 Å². The number of fused-ring (bicyclic) bond motifs is 1. The average molecular weight is 208 g/mol. The number of aliphatic hydroxyl groups excluding tert-OH is 1. The third-order valence-corrected chi connectivity index (χ3v) is 3.63. The maximum absolute atomic E-state index is 9.13. The van der Waals surface area contributed by atoms with Crippen molar-refractivity contribution < 1.29 is 9.84 Å². The molecule has 0 fully saturated rings. The SMILES string of the molecule is COc1ccc2c(C)c(CO)sc2c1. The molecule has 2 nitrogen and oxygen atoms in total. The van der Waals surface area contributed by atoms with E-state index in [-0.39, 0.29) is 6.61 Å². The van der Waals surface area contributed by atoms with Crippen molar-refractivity contribution in [3.05, 3.63) is 28.6 Å². The number of aryl methyl sites for hydroxylation is 1. The molecular formula is C11H12O2S. The molecule has 2 rings (SSSR count). The first-order valence-corrected chi connectivity index (χ1v) is 5.24. The monoisotopic (exact) mass is 208 g/mol. The van der Waals surface area contributed by atoms with Gasteiger partial charge in [0.05, 0.1) is 13.7 Å². The van der Waals surface area contributed by atoms with Gasteiger partial charge in [-0.3, -0.25) is 0 Å². The Kier molecular flexibility index (Phi) is 2.44. The molecule has 0 saturated carbocycles. The summed E-state index contributed by atoms with van der Waals surface area (Å²) in [6, 6.07) is 5.99. The lowest BCUT2D eigenvalue weighted by atomic mass is 10.1. The van der Waals surface area contributed by atoms with Gasteiger partial charge >= 0.3 is 0 Å². The van der Waals surface area contributed by atoms with E-state index < -0.39 is 0 Å². The maximum Gasteiger partial charge on any atom is 0.120 e. The van der Waals surface area contributed by atoms with E-state index >= 15 is 0 Å². The van der Waals surface area contributed by atoms with Gasteiger partial charge in [0, 0.05) is 9.58 Å². The zero-order valence-corrected chi connectivity index (χ0v) is 9.02. The molecule has 0 aliphatic heterocycles. The van der Waals surface area contributed by atoms with Crippen LogP contribution >= 0.6 is 11.3 Å². The van der Waals surface area contributed by atoms with Crippen molar-refractivity contribution in [2.75, 3.05) is 7.11 Å². The Balaban J connectivity index is 2.66. The van der Waals surface area contributed by atoms with Crippen molar-refractivity contribution in [3.63, 3.8) is 0 Å². The Morgan fingerprint density at radius 2 is 2.21 bits per heavy atom. The fourth-order valence-corrected chi connectivity index (χ4v) is 2.63. The quantitative estimate of drug-likeness (QED) is 0.822. The fraction of sp³-hybridized carbons (Fsp3) is 0.273. The molecule has 0 atom stereocenters. The van der Waals surface area contributed by atoms with E-state index in [9.17, 15) is 0 Å². The van der Waals surface area contributed by atoms with Crippen LogP contribution in [0.2, 0.25) is 0 Å². The van der Waals surface area contributed by atoms with Crippen LogP contribution < -0.4 is 4.74 Å². The summed E-state index contributed by atoms with van der Waals surface area (Å²) in [5.41, 5.74) is 1.18. The van der Waals surface area contributed by atoms with Crippen LogP contribution in [0.4, 0.5) is 0 Å². The van der Waals surface area contributed by atoms with Gasteiger partial charge in [-0.25, -0.2) is 0 Å². The summed E-state index contributed by atoms with van der Waals surface area (Å²) in [6.45, 7) is 2.16. The molecule has 0 bridgehead atoms. The van der Waals surface area contributed by atoms with Gasteiger partial charge < -0.3 is 9.84 Å². The van der Waals surface area contributed by atoms with Gasteiger partial charge in [-0.15, -0.1) is 11.3 Å². The minimum absolute atomic E-state index is 0.119. The van der Waals surface area contributed by atoms with Gasteiger partial charge in [0.1, 0.15) is 5.75 Å². The normalized spacial score (nSPS) is 10.8. The van der Waals surface area contributed by atoms with Gasteiger partial charge in [-0.1, -0.05) is 0 Å². The molecule has 0 unspecified atom stereocenters. The highest BCUT2D eigenvalue weighted by Gasteiger charge is 2.07. The summed E-state index contributed by atoms with van der Waals surface area (Å²) in [6.07, 6.45) is 0. The molecule has 0 spiro atoms. The largest absolute Gasteiger partial charge is 0.497 e. The van der Waals surface area contributed by atoms with Crippen LogP contribution in [-0.4, -0.2) is 12.2 Å². The molecule has 0 amide bonds. The van der Waals surface area contributed by atoms with Crippen molar-refractivity contribution in [2.45, 2.75) is 13.5 Å². The lowest BCUT2D eigenvalue weighted by Gasteiger charge is -1.98. The zero-order chi connectivity index (χ0) is 10.1. The van der Waals surface area contributed by atoms with Crippen LogP contribution in [0.5, 0.6) is 5.75 Å². The second kappa shape index (κ2) is 3.59. The van der Waals surface area contributed by atoms with Gasteiger partial charge in [0.15, 0.2) is 0 Å². The van der Waals surface area contributed by atoms with Crippen molar-refractivity contribution >= 4 is 21.4 Å². The predicted octanol–water partition coefficient (Wildman–Crippen LogP) is 2.71. The molecule has 1 aromatic heterocycles. The topological polar surface area (TPSA) is 29.5 Å². The highest BCUT2D eigenvalue weighted by atomic mass is 32.1. The molecule has 3 heteroatoms. The Hall–Kier alpha value is -1.06. The number of ether oxygens (including phenoxy) is 1. The lowest BCUT2D eigenvalue weighted by Crippen LogP contribution is -1.81. The number of aliphatic hydroxyl groups is 1. The molecule has 0 aliphatic carbocycles. The number of hydrogen-bond acceptors (Lipinski definition) is 3. The van der Waals surface area contributed by atoms with Crippen LogP contribution in [0, 0.1) is 6.92 Å². The van der Waals surface area contributed by atoms with E-state index in [1.165, 1.54) is 15.6 Å². The van der Waals surface area contributed by atoms with E-state index in [0.29, 0.717) is 0 Å². The Morgan fingerprint density at radius 3 is 2.86 bits per heavy atom. The summed E-state index contributed by atoms with van der Waals surface area (Å²) in [7, 11) is 1.66. The molecule has 1 N–H and O–H groups in total. The Morgan fingerprint density at radius 1 is 1.43 bits per heavy atom. The number of thiophene rings is 1. The standard InChI is InChI=1S/C11H12O2S/c1-7-9-4-3-8(13-2)5-10(9)14-11(7)6-12/h3-5,12H,6H2,1-2H3. The Labute approximate surface area is 86.8 Å². The van der Waals surface area contributed by atoms with Gasteiger partial charge in [-0.05, 0) is 36.1 Å². The van der Waals surface area contributed by atoms with Crippen molar-refractivity contribution in [2.24, 2.45) is 0 Å². The number of rotatable bonds is 2. The average Bonchev–Trinajstić information content (AvgIpc) is 2.55. The number of hydrogen-bond donors (Lipinski definition) is 1.